The fourth-order valence-electron chi connectivity index (χ4n) is 2.76. The monoisotopic (exact) mass is 379 g/mol. The van der Waals surface area contributed by atoms with E-state index in [1.807, 2.05) is 35.0 Å². The summed E-state index contributed by atoms with van der Waals surface area (Å²) in [6, 6.07) is 5.89. The van der Waals surface area contributed by atoms with Gasteiger partial charge in [-0.2, -0.15) is 0 Å². The van der Waals surface area contributed by atoms with Crippen molar-refractivity contribution in [2.75, 3.05) is 7.05 Å². The SMILES string of the molecule is CN(Cc1ccc(Cl)s1)Cc1nnc2n(C)c(=O)c3sccc3n12. The fourth-order valence-corrected chi connectivity index (χ4v) is 4.77. The van der Waals surface area contributed by atoms with Gasteiger partial charge in [0.25, 0.3) is 5.56 Å². The first-order chi connectivity index (χ1) is 11.5. The van der Waals surface area contributed by atoms with E-state index in [-0.39, 0.29) is 5.56 Å². The molecule has 0 spiro atoms. The Labute approximate surface area is 150 Å². The lowest BCUT2D eigenvalue weighted by molar-refractivity contribution is 0.312. The number of aryl methyl sites for hydroxylation is 1. The molecule has 0 aromatic carbocycles. The quantitative estimate of drug-likeness (QED) is 0.547. The van der Waals surface area contributed by atoms with Crippen LogP contribution in [0.1, 0.15) is 10.7 Å². The largest absolute Gasteiger partial charge is 0.294 e. The van der Waals surface area contributed by atoms with E-state index in [9.17, 15) is 4.79 Å². The van der Waals surface area contributed by atoms with Gasteiger partial charge in [-0.1, -0.05) is 11.6 Å². The molecule has 0 bridgehead atoms. The molecule has 0 aliphatic heterocycles. The average Bonchev–Trinajstić information content (AvgIpc) is 3.24. The Kier molecular flexibility index (Phi) is 3.92. The lowest BCUT2D eigenvalue weighted by atomic mass is 10.4. The van der Waals surface area contributed by atoms with Gasteiger partial charge in [0.2, 0.25) is 5.78 Å². The molecule has 0 atom stereocenters. The molecule has 4 rings (SSSR count). The van der Waals surface area contributed by atoms with E-state index in [1.165, 1.54) is 16.2 Å². The van der Waals surface area contributed by atoms with Gasteiger partial charge in [-0.25, -0.2) is 0 Å². The van der Waals surface area contributed by atoms with Crippen molar-refractivity contribution in [3.05, 3.63) is 49.0 Å². The van der Waals surface area contributed by atoms with Crippen molar-refractivity contribution < 1.29 is 0 Å². The second-order valence-corrected chi connectivity index (χ2v) is 8.34. The molecule has 9 heteroatoms. The Hall–Kier alpha value is -1.74. The molecule has 24 heavy (non-hydrogen) atoms. The summed E-state index contributed by atoms with van der Waals surface area (Å²) < 4.78 is 5.03. The number of aromatic nitrogens is 4. The van der Waals surface area contributed by atoms with E-state index in [0.717, 1.165) is 26.9 Å². The molecule has 0 N–H and O–H groups in total. The number of hydrogen-bond acceptors (Lipinski definition) is 6. The molecule has 4 aromatic rings. The summed E-state index contributed by atoms with van der Waals surface area (Å²) in [5.74, 6) is 1.38. The van der Waals surface area contributed by atoms with Gasteiger partial charge in [0.05, 0.1) is 16.4 Å². The van der Waals surface area contributed by atoms with Crippen LogP contribution in [-0.4, -0.2) is 31.1 Å². The zero-order valence-corrected chi connectivity index (χ0v) is 15.5. The van der Waals surface area contributed by atoms with E-state index in [4.69, 9.17) is 11.6 Å². The van der Waals surface area contributed by atoms with Gasteiger partial charge in [-0.15, -0.1) is 32.9 Å². The third-order valence-corrected chi connectivity index (χ3v) is 5.97. The van der Waals surface area contributed by atoms with Crippen molar-refractivity contribution in [2.24, 2.45) is 7.05 Å². The van der Waals surface area contributed by atoms with Crippen LogP contribution in [0.5, 0.6) is 0 Å². The molecule has 0 unspecified atom stereocenters. The summed E-state index contributed by atoms with van der Waals surface area (Å²) in [6.45, 7) is 1.41. The maximum absolute atomic E-state index is 12.3. The molecule has 0 aliphatic carbocycles. The second-order valence-electron chi connectivity index (χ2n) is 5.63. The highest BCUT2D eigenvalue weighted by Crippen LogP contribution is 2.23. The third kappa shape index (κ3) is 2.55. The lowest BCUT2D eigenvalue weighted by Crippen LogP contribution is -2.21. The van der Waals surface area contributed by atoms with Crippen LogP contribution in [0, 0.1) is 0 Å². The predicted molar refractivity (Wildman–Crippen MR) is 98.1 cm³/mol. The third-order valence-electron chi connectivity index (χ3n) is 3.86. The molecule has 4 aromatic heterocycles. The van der Waals surface area contributed by atoms with Crippen LogP contribution in [0.15, 0.2) is 28.4 Å². The van der Waals surface area contributed by atoms with Crippen molar-refractivity contribution in [1.29, 1.82) is 0 Å². The maximum atomic E-state index is 12.3. The normalized spacial score (nSPS) is 12.0. The molecule has 0 radical (unpaired) electrons. The zero-order valence-electron chi connectivity index (χ0n) is 13.1. The van der Waals surface area contributed by atoms with Crippen LogP contribution in [-0.2, 0) is 20.1 Å². The molecular weight excluding hydrogens is 366 g/mol. The van der Waals surface area contributed by atoms with Crippen molar-refractivity contribution in [2.45, 2.75) is 13.1 Å². The highest BCUT2D eigenvalue weighted by Gasteiger charge is 2.16. The molecule has 0 saturated heterocycles. The van der Waals surface area contributed by atoms with Crippen molar-refractivity contribution in [1.82, 2.24) is 24.1 Å². The summed E-state index contributed by atoms with van der Waals surface area (Å²) >= 11 is 9.01. The van der Waals surface area contributed by atoms with Gasteiger partial charge in [0.15, 0.2) is 5.82 Å². The van der Waals surface area contributed by atoms with Gasteiger partial charge < -0.3 is 0 Å². The summed E-state index contributed by atoms with van der Waals surface area (Å²) in [6.07, 6.45) is 0. The summed E-state index contributed by atoms with van der Waals surface area (Å²) in [7, 11) is 3.76. The van der Waals surface area contributed by atoms with Crippen LogP contribution in [0.2, 0.25) is 4.34 Å². The predicted octanol–water partition coefficient (Wildman–Crippen LogP) is 2.99. The highest BCUT2D eigenvalue weighted by atomic mass is 35.5. The van der Waals surface area contributed by atoms with Crippen molar-refractivity contribution >= 4 is 50.3 Å². The Morgan fingerprint density at radius 2 is 2.08 bits per heavy atom. The van der Waals surface area contributed by atoms with E-state index in [2.05, 4.69) is 15.1 Å². The average molecular weight is 380 g/mol. The van der Waals surface area contributed by atoms with Gasteiger partial charge >= 0.3 is 0 Å². The fraction of sp³-hybridized carbons (Fsp3) is 0.267. The van der Waals surface area contributed by atoms with Crippen molar-refractivity contribution in [3.8, 4) is 0 Å². The molecule has 0 amide bonds. The minimum absolute atomic E-state index is 0.0342. The molecule has 0 aliphatic rings. The number of nitrogens with zero attached hydrogens (tertiary/aromatic N) is 5. The number of hydrogen-bond donors (Lipinski definition) is 0. The zero-order chi connectivity index (χ0) is 16.8. The standard InChI is InChI=1S/C15H14ClN5OS2/c1-19(7-9-3-4-11(16)24-9)8-12-17-18-15-20(2)14(22)13-10(21(12)15)5-6-23-13/h3-6H,7-8H2,1-2H3. The summed E-state index contributed by atoms with van der Waals surface area (Å²) in [5.41, 5.74) is 0.832. The van der Waals surface area contributed by atoms with E-state index >= 15 is 0 Å². The minimum atomic E-state index is -0.0342. The van der Waals surface area contributed by atoms with Crippen LogP contribution < -0.4 is 5.56 Å². The molecule has 124 valence electrons. The Balaban J connectivity index is 1.73. The van der Waals surface area contributed by atoms with Gasteiger partial charge in [-0.3, -0.25) is 18.7 Å². The summed E-state index contributed by atoms with van der Waals surface area (Å²) in [5, 5.41) is 10.4. The Morgan fingerprint density at radius 1 is 1.25 bits per heavy atom. The molecular formula is C15H14ClN5OS2. The number of thiophene rings is 2. The molecule has 6 nitrogen and oxygen atoms in total. The Morgan fingerprint density at radius 3 is 2.83 bits per heavy atom. The summed E-state index contributed by atoms with van der Waals surface area (Å²) in [4.78, 5) is 15.7. The van der Waals surface area contributed by atoms with Crippen LogP contribution >= 0.6 is 34.3 Å². The lowest BCUT2D eigenvalue weighted by Gasteiger charge is -2.14. The topological polar surface area (TPSA) is 55.4 Å². The van der Waals surface area contributed by atoms with Crippen LogP contribution in [0.3, 0.4) is 0 Å². The second kappa shape index (κ2) is 5.96. The molecule has 4 heterocycles. The number of fused-ring (bicyclic) bond motifs is 3. The van der Waals surface area contributed by atoms with Gasteiger partial charge in [0, 0.05) is 18.5 Å². The van der Waals surface area contributed by atoms with Gasteiger partial charge in [-0.05, 0) is 30.6 Å². The first kappa shape index (κ1) is 15.8. The van der Waals surface area contributed by atoms with Crippen LogP contribution in [0.25, 0.3) is 16.0 Å². The minimum Gasteiger partial charge on any atom is -0.294 e. The van der Waals surface area contributed by atoms with Crippen molar-refractivity contribution in [3.63, 3.8) is 0 Å². The van der Waals surface area contributed by atoms with E-state index in [0.29, 0.717) is 12.3 Å². The Bertz CT molecular complexity index is 1090. The van der Waals surface area contributed by atoms with Crippen LogP contribution in [0.4, 0.5) is 0 Å². The first-order valence-corrected chi connectivity index (χ1v) is 9.35. The molecule has 0 fully saturated rings. The van der Waals surface area contributed by atoms with E-state index in [1.54, 1.807) is 23.0 Å². The number of halogens is 1. The molecule has 0 saturated carbocycles. The maximum Gasteiger partial charge on any atom is 0.272 e. The highest BCUT2D eigenvalue weighted by molar-refractivity contribution is 7.17. The van der Waals surface area contributed by atoms with Gasteiger partial charge in [0.1, 0.15) is 4.70 Å². The first-order valence-electron chi connectivity index (χ1n) is 7.27. The smallest absolute Gasteiger partial charge is 0.272 e. The number of rotatable bonds is 4. The van der Waals surface area contributed by atoms with E-state index < -0.39 is 0 Å².